The number of nitrogens with two attached hydrogens (primary N) is 1. The molecule has 0 atom stereocenters. The third kappa shape index (κ3) is 15.9. The van der Waals surface area contributed by atoms with Gasteiger partial charge in [-0.3, -0.25) is 0 Å². The molecular weight excluding hydrogens is 191 g/mol. The number of nitrogens with one attached hydrogen (secondary N) is 1. The second kappa shape index (κ2) is 16.4. The minimum atomic E-state index is 0. The molecule has 0 fully saturated rings. The normalized spacial score (nSPS) is 7.80. The molecule has 0 rings (SSSR count). The predicted molar refractivity (Wildman–Crippen MR) is 54.9 cm³/mol. The number of hydrogen-bond donors (Lipinski definition) is 3. The molecule has 0 spiro atoms. The van der Waals surface area contributed by atoms with Gasteiger partial charge in [-0.05, 0) is 19.5 Å². The minimum absolute atomic E-state index is 0. The van der Waals surface area contributed by atoms with E-state index in [-0.39, 0.29) is 24.8 Å². The fourth-order valence-electron chi connectivity index (χ4n) is 0.431. The summed E-state index contributed by atoms with van der Waals surface area (Å²) in [6.07, 6.45) is 1.06. The summed E-state index contributed by atoms with van der Waals surface area (Å²) in [5, 5.41) is 3.18. The van der Waals surface area contributed by atoms with Crippen LogP contribution in [-0.4, -0.2) is 25.4 Å². The second-order valence-electron chi connectivity index (χ2n) is 1.62. The molecule has 10 heavy (non-hydrogen) atoms. The van der Waals surface area contributed by atoms with Crippen LogP contribution in [-0.2, 0) is 0 Å². The maximum absolute atomic E-state index is 5.25. The largest absolute Gasteiger partial charge is 0.330 e. The Morgan fingerprint density at radius 1 is 1.20 bits per heavy atom. The molecule has 3 N–H and O–H groups in total. The first-order chi connectivity index (χ1) is 3.91. The van der Waals surface area contributed by atoms with Crippen LogP contribution in [0.25, 0.3) is 0 Å². The van der Waals surface area contributed by atoms with Crippen molar-refractivity contribution in [3.05, 3.63) is 0 Å². The van der Waals surface area contributed by atoms with E-state index in [1.165, 1.54) is 0 Å². The van der Waals surface area contributed by atoms with Crippen molar-refractivity contribution in [3.63, 3.8) is 0 Å². The lowest BCUT2D eigenvalue weighted by molar-refractivity contribution is 0.683. The zero-order valence-corrected chi connectivity index (χ0v) is 8.40. The summed E-state index contributed by atoms with van der Waals surface area (Å²) in [6.45, 7) is 2.79. The molecule has 0 heterocycles. The van der Waals surface area contributed by atoms with Crippen molar-refractivity contribution >= 4 is 37.4 Å². The third-order valence-corrected chi connectivity index (χ3v) is 1.07. The van der Waals surface area contributed by atoms with E-state index in [1.54, 1.807) is 0 Å². The van der Waals surface area contributed by atoms with Gasteiger partial charge in [0.2, 0.25) is 0 Å². The van der Waals surface area contributed by atoms with Gasteiger partial charge in [-0.2, -0.15) is 12.6 Å². The van der Waals surface area contributed by atoms with Crippen LogP contribution in [0.15, 0.2) is 0 Å². The highest BCUT2D eigenvalue weighted by Gasteiger charge is 1.80. The van der Waals surface area contributed by atoms with E-state index in [1.807, 2.05) is 0 Å². The molecule has 2 nitrogen and oxygen atoms in total. The third-order valence-electron chi connectivity index (χ3n) is 0.846. The highest BCUT2D eigenvalue weighted by Crippen LogP contribution is 1.71. The average molecular weight is 207 g/mol. The predicted octanol–water partition coefficient (Wildman–Crippen LogP) is 0.698. The fourth-order valence-corrected chi connectivity index (χ4v) is 0.589. The first-order valence-electron chi connectivity index (χ1n) is 2.93. The van der Waals surface area contributed by atoms with Crippen molar-refractivity contribution in [2.24, 2.45) is 5.73 Å². The summed E-state index contributed by atoms with van der Waals surface area (Å²) in [7, 11) is 0. The monoisotopic (exact) mass is 206 g/mol. The molecule has 0 radical (unpaired) electrons. The number of hydrogen-bond acceptors (Lipinski definition) is 3. The molecule has 0 saturated heterocycles. The summed E-state index contributed by atoms with van der Waals surface area (Å²) in [5.74, 6) is 0.907. The van der Waals surface area contributed by atoms with Crippen LogP contribution in [0, 0.1) is 0 Å². The van der Waals surface area contributed by atoms with Crippen LogP contribution in [0.2, 0.25) is 0 Å². The summed E-state index contributed by atoms with van der Waals surface area (Å²) in [6, 6.07) is 0. The quantitative estimate of drug-likeness (QED) is 0.458. The van der Waals surface area contributed by atoms with Gasteiger partial charge >= 0.3 is 0 Å². The fraction of sp³-hybridized carbons (Fsp3) is 1.00. The molecule has 66 valence electrons. The molecule has 5 heteroatoms. The van der Waals surface area contributed by atoms with E-state index in [0.717, 1.165) is 31.8 Å². The Kier molecular flexibility index (Phi) is 28.1. The summed E-state index contributed by atoms with van der Waals surface area (Å²) in [4.78, 5) is 0. The van der Waals surface area contributed by atoms with E-state index in [9.17, 15) is 0 Å². The van der Waals surface area contributed by atoms with E-state index in [0.29, 0.717) is 0 Å². The van der Waals surface area contributed by atoms with Gasteiger partial charge in [-0.25, -0.2) is 0 Å². The van der Waals surface area contributed by atoms with Crippen LogP contribution in [0.1, 0.15) is 6.42 Å². The number of halogens is 2. The number of rotatable bonds is 5. The first kappa shape index (κ1) is 17.1. The van der Waals surface area contributed by atoms with Crippen molar-refractivity contribution < 1.29 is 0 Å². The lowest BCUT2D eigenvalue weighted by Gasteiger charge is -1.97. The molecule has 0 aromatic rings. The minimum Gasteiger partial charge on any atom is -0.330 e. The lowest BCUT2D eigenvalue weighted by Crippen LogP contribution is -2.20. The Morgan fingerprint density at radius 2 is 1.80 bits per heavy atom. The van der Waals surface area contributed by atoms with Gasteiger partial charge in [-0.1, -0.05) is 0 Å². The van der Waals surface area contributed by atoms with Crippen LogP contribution >= 0.6 is 37.4 Å². The van der Waals surface area contributed by atoms with E-state index in [4.69, 9.17) is 5.73 Å². The topological polar surface area (TPSA) is 38.0 Å². The van der Waals surface area contributed by atoms with Gasteiger partial charge in [0.25, 0.3) is 0 Å². The molecule has 0 unspecified atom stereocenters. The molecular formula is C5H16Cl2N2S. The molecule has 0 aliphatic carbocycles. The van der Waals surface area contributed by atoms with E-state index >= 15 is 0 Å². The van der Waals surface area contributed by atoms with Crippen molar-refractivity contribution in [2.45, 2.75) is 6.42 Å². The molecule has 0 bridgehead atoms. The van der Waals surface area contributed by atoms with Crippen molar-refractivity contribution in [1.29, 1.82) is 0 Å². The zero-order chi connectivity index (χ0) is 6.24. The van der Waals surface area contributed by atoms with Crippen molar-refractivity contribution in [3.8, 4) is 0 Å². The average Bonchev–Trinajstić information content (AvgIpc) is 1.81. The smallest absolute Gasteiger partial charge is 0.00397 e. The van der Waals surface area contributed by atoms with Gasteiger partial charge in [-0.15, -0.1) is 24.8 Å². The first-order valence-corrected chi connectivity index (χ1v) is 3.56. The van der Waals surface area contributed by atoms with Crippen LogP contribution < -0.4 is 11.1 Å². The molecule has 0 aliphatic rings. The van der Waals surface area contributed by atoms with E-state index < -0.39 is 0 Å². The van der Waals surface area contributed by atoms with Crippen LogP contribution in [0.4, 0.5) is 0 Å². The Bertz CT molecular complexity index is 42.6. The number of thiol groups is 1. The molecule has 0 aliphatic heterocycles. The van der Waals surface area contributed by atoms with Gasteiger partial charge < -0.3 is 11.1 Å². The standard InChI is InChI=1S/C5H14N2S.2ClH/c6-2-1-3-7-4-5-8;;/h7-8H,1-6H2;2*1H. The summed E-state index contributed by atoms with van der Waals surface area (Å²) < 4.78 is 0. The Morgan fingerprint density at radius 3 is 2.20 bits per heavy atom. The van der Waals surface area contributed by atoms with Gasteiger partial charge in [0.15, 0.2) is 0 Å². The molecule has 0 saturated carbocycles. The van der Waals surface area contributed by atoms with Crippen molar-refractivity contribution in [1.82, 2.24) is 5.32 Å². The van der Waals surface area contributed by atoms with Crippen molar-refractivity contribution in [2.75, 3.05) is 25.4 Å². The Labute approximate surface area is 80.6 Å². The zero-order valence-electron chi connectivity index (χ0n) is 5.88. The molecule has 0 aromatic carbocycles. The Balaban J connectivity index is -0.000000245. The maximum Gasteiger partial charge on any atom is 0.00397 e. The summed E-state index contributed by atoms with van der Waals surface area (Å²) >= 11 is 4.03. The second-order valence-corrected chi connectivity index (χ2v) is 2.06. The Hall–Kier alpha value is 0.850. The van der Waals surface area contributed by atoms with Gasteiger partial charge in [0.1, 0.15) is 0 Å². The lowest BCUT2D eigenvalue weighted by atomic mass is 10.4. The van der Waals surface area contributed by atoms with Gasteiger partial charge in [0, 0.05) is 12.3 Å². The highest BCUT2D eigenvalue weighted by molar-refractivity contribution is 7.80. The van der Waals surface area contributed by atoms with Crippen LogP contribution in [0.5, 0.6) is 0 Å². The van der Waals surface area contributed by atoms with E-state index in [2.05, 4.69) is 17.9 Å². The SMILES string of the molecule is Cl.Cl.NCCCNCCS. The van der Waals surface area contributed by atoms with Gasteiger partial charge in [0.05, 0.1) is 0 Å². The van der Waals surface area contributed by atoms with Crippen LogP contribution in [0.3, 0.4) is 0 Å². The molecule has 0 aromatic heterocycles. The molecule has 0 amide bonds. The maximum atomic E-state index is 5.25. The highest BCUT2D eigenvalue weighted by atomic mass is 35.5. The summed E-state index contributed by atoms with van der Waals surface area (Å²) in [5.41, 5.74) is 5.25.